The minimum Gasteiger partial charge on any atom is -0.303 e. The van der Waals surface area contributed by atoms with Gasteiger partial charge >= 0.3 is 30.0 Å². The summed E-state index contributed by atoms with van der Waals surface area (Å²) in [7, 11) is 1.67. The van der Waals surface area contributed by atoms with Crippen LogP contribution in [0.1, 0.15) is 26.7 Å². The van der Waals surface area contributed by atoms with E-state index in [1.165, 1.54) is 13.8 Å². The summed E-state index contributed by atoms with van der Waals surface area (Å²) in [5.74, 6) is -17.4. The average molecular weight is 438 g/mol. The van der Waals surface area contributed by atoms with E-state index in [9.17, 15) is 43.9 Å². The van der Waals surface area contributed by atoms with Crippen LogP contribution in [0, 0.1) is 0 Å². The van der Waals surface area contributed by atoms with Crippen molar-refractivity contribution >= 4 is 0 Å². The van der Waals surface area contributed by atoms with Crippen LogP contribution in [-0.2, 0) is 4.74 Å². The van der Waals surface area contributed by atoms with Gasteiger partial charge in [-0.2, -0.15) is 43.9 Å². The van der Waals surface area contributed by atoms with Crippen LogP contribution in [0.25, 0.3) is 0 Å². The fourth-order valence-corrected chi connectivity index (χ4v) is 2.28. The molecule has 0 N–H and O–H groups in total. The molecule has 0 aromatic rings. The summed E-state index contributed by atoms with van der Waals surface area (Å²) in [6.45, 7) is -0.868. The first-order valence-electron chi connectivity index (χ1n) is 8.33. The first-order valence-corrected chi connectivity index (χ1v) is 8.33. The zero-order valence-corrected chi connectivity index (χ0v) is 15.8. The van der Waals surface area contributed by atoms with E-state index in [-0.39, 0.29) is 25.9 Å². The van der Waals surface area contributed by atoms with Crippen LogP contribution >= 0.6 is 0 Å². The van der Waals surface area contributed by atoms with Gasteiger partial charge in [-0.3, -0.25) is 4.90 Å². The maximum atomic E-state index is 13.8. The Kier molecular flexibility index (Phi) is 9.06. The number of hydrogen-bond acceptors (Lipinski definition) is 3. The lowest BCUT2D eigenvalue weighted by Crippen LogP contribution is -2.63. The van der Waals surface area contributed by atoms with Crippen LogP contribution in [0.15, 0.2) is 0 Å². The molecule has 0 atom stereocenters. The molecular formula is C15H24F10N2O. The molecule has 28 heavy (non-hydrogen) atoms. The largest absolute Gasteiger partial charge is 0.430 e. The Labute approximate surface area is 156 Å². The highest BCUT2D eigenvalue weighted by Gasteiger charge is 2.77. The minimum atomic E-state index is -6.57. The molecule has 0 aliphatic rings. The van der Waals surface area contributed by atoms with Gasteiger partial charge in [0, 0.05) is 0 Å². The molecule has 0 unspecified atom stereocenters. The molecule has 0 fully saturated rings. The van der Waals surface area contributed by atoms with Crippen LogP contribution in [0.5, 0.6) is 0 Å². The predicted octanol–water partition coefficient (Wildman–Crippen LogP) is 4.78. The third kappa shape index (κ3) is 6.34. The van der Waals surface area contributed by atoms with Gasteiger partial charge in [-0.25, -0.2) is 4.74 Å². The van der Waals surface area contributed by atoms with Crippen molar-refractivity contribution in [3.63, 3.8) is 0 Å². The normalized spacial score (nSPS) is 15.0. The molecule has 0 aromatic heterocycles. The van der Waals surface area contributed by atoms with E-state index in [1.807, 2.05) is 0 Å². The molecule has 0 aliphatic heterocycles. The fraction of sp³-hybridized carbons (Fsp3) is 1.00. The smallest absolute Gasteiger partial charge is 0.303 e. The standard InChI is InChI=1S/C15H24F10N2O/c1-5-7-27(8-6-2)10-12(18,19)14(22,23)28-15(24,25)13(20,21)11(16,17)9-26(3)4/h5-10H2,1-4H3. The Hall–Kier alpha value is -0.820. The van der Waals surface area contributed by atoms with E-state index < -0.39 is 43.1 Å². The van der Waals surface area contributed by atoms with Crippen LogP contribution in [-0.4, -0.2) is 80.1 Å². The van der Waals surface area contributed by atoms with Gasteiger partial charge in [0.1, 0.15) is 0 Å². The monoisotopic (exact) mass is 438 g/mol. The third-order valence-electron chi connectivity index (χ3n) is 3.52. The van der Waals surface area contributed by atoms with E-state index in [1.54, 1.807) is 0 Å². The number of hydrogen-bond donors (Lipinski definition) is 0. The molecular weight excluding hydrogens is 414 g/mol. The Bertz CT molecular complexity index is 479. The zero-order chi connectivity index (χ0) is 22.6. The lowest BCUT2D eigenvalue weighted by molar-refractivity contribution is -0.486. The first-order chi connectivity index (χ1) is 12.4. The van der Waals surface area contributed by atoms with Crippen molar-refractivity contribution in [2.45, 2.75) is 56.7 Å². The molecule has 0 aromatic carbocycles. The summed E-state index contributed by atoms with van der Waals surface area (Å²) in [5, 5.41) is 0. The molecule has 0 amide bonds. The lowest BCUT2D eigenvalue weighted by Gasteiger charge is -2.37. The van der Waals surface area contributed by atoms with Crippen LogP contribution in [0.4, 0.5) is 43.9 Å². The topological polar surface area (TPSA) is 15.7 Å². The van der Waals surface area contributed by atoms with Gasteiger partial charge in [-0.15, -0.1) is 0 Å². The van der Waals surface area contributed by atoms with Crippen molar-refractivity contribution in [2.75, 3.05) is 40.3 Å². The molecule has 0 heterocycles. The van der Waals surface area contributed by atoms with E-state index in [2.05, 4.69) is 4.74 Å². The molecule has 0 saturated heterocycles. The second-order valence-electron chi connectivity index (χ2n) is 6.63. The van der Waals surface area contributed by atoms with Crippen molar-refractivity contribution in [2.24, 2.45) is 0 Å². The SMILES string of the molecule is CCCN(CCC)CC(F)(F)C(F)(F)OC(F)(F)C(F)(F)C(F)(F)CN(C)C. The maximum Gasteiger partial charge on any atom is 0.430 e. The first kappa shape index (κ1) is 27.2. The molecule has 0 saturated carbocycles. The lowest BCUT2D eigenvalue weighted by atomic mass is 10.1. The van der Waals surface area contributed by atoms with Crippen molar-refractivity contribution in [3.05, 3.63) is 0 Å². The van der Waals surface area contributed by atoms with Gasteiger partial charge in [0.25, 0.3) is 0 Å². The number of rotatable bonds is 13. The van der Waals surface area contributed by atoms with Crippen molar-refractivity contribution in [1.29, 1.82) is 0 Å². The van der Waals surface area contributed by atoms with E-state index in [4.69, 9.17) is 0 Å². The Morgan fingerprint density at radius 3 is 1.43 bits per heavy atom. The molecule has 0 aliphatic carbocycles. The summed E-state index contributed by atoms with van der Waals surface area (Å²) in [5.41, 5.74) is 0. The molecule has 0 rings (SSSR count). The number of alkyl halides is 10. The molecule has 0 spiro atoms. The quantitative estimate of drug-likeness (QED) is 0.385. The summed E-state index contributed by atoms with van der Waals surface area (Å²) in [4.78, 5) is 1.19. The fourth-order valence-electron chi connectivity index (χ4n) is 2.28. The van der Waals surface area contributed by atoms with Crippen LogP contribution in [0.3, 0.4) is 0 Å². The van der Waals surface area contributed by atoms with E-state index >= 15 is 0 Å². The second-order valence-corrected chi connectivity index (χ2v) is 6.63. The third-order valence-corrected chi connectivity index (χ3v) is 3.52. The Morgan fingerprint density at radius 2 is 1.07 bits per heavy atom. The number of halogens is 10. The Balaban J connectivity index is 5.61. The van der Waals surface area contributed by atoms with E-state index in [0.717, 1.165) is 19.0 Å². The summed E-state index contributed by atoms with van der Waals surface area (Å²) < 4.78 is 138. The highest BCUT2D eigenvalue weighted by Crippen LogP contribution is 2.50. The minimum absolute atomic E-state index is 0.104. The average Bonchev–Trinajstić information content (AvgIpc) is 2.44. The number of ether oxygens (including phenoxy) is 1. The number of nitrogens with zero attached hydrogens (tertiary/aromatic N) is 2. The maximum absolute atomic E-state index is 13.8. The van der Waals surface area contributed by atoms with Gasteiger partial charge in [-0.1, -0.05) is 13.8 Å². The van der Waals surface area contributed by atoms with Crippen molar-refractivity contribution in [1.82, 2.24) is 9.80 Å². The molecule has 170 valence electrons. The summed E-state index contributed by atoms with van der Waals surface area (Å²) in [6, 6.07) is 0. The highest BCUT2D eigenvalue weighted by atomic mass is 19.4. The van der Waals surface area contributed by atoms with Gasteiger partial charge in [0.2, 0.25) is 0 Å². The Morgan fingerprint density at radius 1 is 0.643 bits per heavy atom. The van der Waals surface area contributed by atoms with Crippen LogP contribution < -0.4 is 0 Å². The van der Waals surface area contributed by atoms with Crippen molar-refractivity contribution < 1.29 is 48.6 Å². The van der Waals surface area contributed by atoms with E-state index in [0.29, 0.717) is 4.90 Å². The van der Waals surface area contributed by atoms with Gasteiger partial charge < -0.3 is 4.90 Å². The van der Waals surface area contributed by atoms with Gasteiger partial charge in [0.05, 0.1) is 13.1 Å². The molecule has 0 bridgehead atoms. The van der Waals surface area contributed by atoms with Gasteiger partial charge in [-0.05, 0) is 40.0 Å². The van der Waals surface area contributed by atoms with Gasteiger partial charge in [0.15, 0.2) is 0 Å². The zero-order valence-electron chi connectivity index (χ0n) is 15.8. The van der Waals surface area contributed by atoms with Crippen LogP contribution in [0.2, 0.25) is 0 Å². The molecule has 0 radical (unpaired) electrons. The molecule has 3 nitrogen and oxygen atoms in total. The highest BCUT2D eigenvalue weighted by molar-refractivity contribution is 4.95. The van der Waals surface area contributed by atoms with Crippen molar-refractivity contribution in [3.8, 4) is 0 Å². The predicted molar refractivity (Wildman–Crippen MR) is 81.4 cm³/mol. The summed E-state index contributed by atoms with van der Waals surface area (Å²) in [6.07, 6.45) is -12.2. The molecule has 13 heteroatoms. The second kappa shape index (κ2) is 9.33. The summed E-state index contributed by atoms with van der Waals surface area (Å²) >= 11 is 0.